The minimum atomic E-state index is -0.885. The first-order valence-electron chi connectivity index (χ1n) is 5.90. The molecule has 18 heavy (non-hydrogen) atoms. The SMILES string of the molecule is Cc1cc(C)cc(-c2cc(C)ccc2C(=O)O)c1. The number of hydrogen-bond acceptors (Lipinski definition) is 1. The Hall–Kier alpha value is -2.09. The van der Waals surface area contributed by atoms with Crippen LogP contribution in [0.15, 0.2) is 36.4 Å². The van der Waals surface area contributed by atoms with E-state index in [2.05, 4.69) is 6.07 Å². The summed E-state index contributed by atoms with van der Waals surface area (Å²) in [5, 5.41) is 9.26. The Morgan fingerprint density at radius 3 is 2.06 bits per heavy atom. The second-order valence-electron chi connectivity index (χ2n) is 4.73. The molecule has 0 unspecified atom stereocenters. The summed E-state index contributed by atoms with van der Waals surface area (Å²) in [7, 11) is 0. The lowest BCUT2D eigenvalue weighted by Gasteiger charge is -2.09. The van der Waals surface area contributed by atoms with Gasteiger partial charge in [0.25, 0.3) is 0 Å². The van der Waals surface area contributed by atoms with Crippen molar-refractivity contribution in [3.8, 4) is 11.1 Å². The van der Waals surface area contributed by atoms with E-state index in [0.29, 0.717) is 5.56 Å². The quantitative estimate of drug-likeness (QED) is 0.862. The van der Waals surface area contributed by atoms with Crippen LogP contribution in [0.4, 0.5) is 0 Å². The Balaban J connectivity index is 2.68. The fraction of sp³-hybridized carbons (Fsp3) is 0.188. The number of carboxylic acids is 1. The molecule has 0 saturated heterocycles. The van der Waals surface area contributed by atoms with Gasteiger partial charge in [-0.25, -0.2) is 4.79 Å². The maximum atomic E-state index is 11.3. The average molecular weight is 240 g/mol. The summed E-state index contributed by atoms with van der Waals surface area (Å²) < 4.78 is 0. The predicted octanol–water partition coefficient (Wildman–Crippen LogP) is 3.98. The molecule has 0 aliphatic carbocycles. The third kappa shape index (κ3) is 2.43. The first-order chi connectivity index (χ1) is 8.47. The standard InChI is InChI=1S/C16H16O2/c1-10-4-5-14(16(17)18)15(9-10)13-7-11(2)6-12(3)8-13/h4-9H,1-3H3,(H,17,18). The van der Waals surface area contributed by atoms with Crippen molar-refractivity contribution in [3.63, 3.8) is 0 Å². The zero-order valence-electron chi connectivity index (χ0n) is 10.8. The fourth-order valence-electron chi connectivity index (χ4n) is 2.21. The number of hydrogen-bond donors (Lipinski definition) is 1. The second-order valence-corrected chi connectivity index (χ2v) is 4.73. The van der Waals surface area contributed by atoms with E-state index in [1.807, 2.05) is 45.0 Å². The number of benzene rings is 2. The highest BCUT2D eigenvalue weighted by Gasteiger charge is 2.12. The van der Waals surface area contributed by atoms with Crippen molar-refractivity contribution in [2.24, 2.45) is 0 Å². The highest BCUT2D eigenvalue weighted by Crippen LogP contribution is 2.27. The third-order valence-corrected chi connectivity index (χ3v) is 2.94. The lowest BCUT2D eigenvalue weighted by atomic mass is 9.95. The number of carbonyl (C=O) groups is 1. The maximum Gasteiger partial charge on any atom is 0.336 e. The van der Waals surface area contributed by atoms with Crippen molar-refractivity contribution < 1.29 is 9.90 Å². The normalized spacial score (nSPS) is 10.4. The zero-order chi connectivity index (χ0) is 13.3. The molecule has 0 bridgehead atoms. The lowest BCUT2D eigenvalue weighted by molar-refractivity contribution is 0.0697. The van der Waals surface area contributed by atoms with Crippen LogP contribution in [0.25, 0.3) is 11.1 Å². The number of aryl methyl sites for hydroxylation is 3. The van der Waals surface area contributed by atoms with Gasteiger partial charge in [0.05, 0.1) is 5.56 Å². The van der Waals surface area contributed by atoms with Crippen LogP contribution in [-0.4, -0.2) is 11.1 Å². The van der Waals surface area contributed by atoms with Crippen molar-refractivity contribution in [1.29, 1.82) is 0 Å². The summed E-state index contributed by atoms with van der Waals surface area (Å²) in [4.78, 5) is 11.3. The van der Waals surface area contributed by atoms with Gasteiger partial charge in [-0.15, -0.1) is 0 Å². The van der Waals surface area contributed by atoms with Crippen LogP contribution >= 0.6 is 0 Å². The summed E-state index contributed by atoms with van der Waals surface area (Å²) in [6.45, 7) is 6.01. The molecular formula is C16H16O2. The molecule has 2 heteroatoms. The summed E-state index contributed by atoms with van der Waals surface area (Å²) in [5.74, 6) is -0.885. The third-order valence-electron chi connectivity index (χ3n) is 2.94. The van der Waals surface area contributed by atoms with Gasteiger partial charge < -0.3 is 5.11 Å². The predicted molar refractivity (Wildman–Crippen MR) is 73.0 cm³/mol. The molecule has 0 saturated carbocycles. The molecule has 0 atom stereocenters. The molecule has 0 aromatic heterocycles. The molecule has 0 aliphatic rings. The molecule has 92 valence electrons. The molecule has 2 aromatic carbocycles. The van der Waals surface area contributed by atoms with E-state index in [0.717, 1.165) is 27.8 Å². The highest BCUT2D eigenvalue weighted by atomic mass is 16.4. The van der Waals surface area contributed by atoms with E-state index >= 15 is 0 Å². The van der Waals surface area contributed by atoms with E-state index in [-0.39, 0.29) is 0 Å². The van der Waals surface area contributed by atoms with Crippen molar-refractivity contribution in [2.45, 2.75) is 20.8 Å². The molecule has 0 amide bonds. The van der Waals surface area contributed by atoms with Gasteiger partial charge in [-0.2, -0.15) is 0 Å². The molecule has 0 fully saturated rings. The molecule has 2 aromatic rings. The molecule has 0 spiro atoms. The second kappa shape index (κ2) is 4.65. The van der Waals surface area contributed by atoms with Crippen molar-refractivity contribution in [2.75, 3.05) is 0 Å². The topological polar surface area (TPSA) is 37.3 Å². The van der Waals surface area contributed by atoms with Crippen LogP contribution in [0.3, 0.4) is 0 Å². The smallest absolute Gasteiger partial charge is 0.336 e. The first-order valence-corrected chi connectivity index (χ1v) is 5.90. The minimum Gasteiger partial charge on any atom is -0.478 e. The average Bonchev–Trinajstić information content (AvgIpc) is 2.27. The monoisotopic (exact) mass is 240 g/mol. The Kier molecular flexibility index (Phi) is 3.19. The summed E-state index contributed by atoms with van der Waals surface area (Å²) in [6.07, 6.45) is 0. The Morgan fingerprint density at radius 1 is 0.889 bits per heavy atom. The number of carboxylic acid groups (broad SMARTS) is 1. The van der Waals surface area contributed by atoms with Crippen LogP contribution in [0.2, 0.25) is 0 Å². The van der Waals surface area contributed by atoms with Gasteiger partial charge in [0, 0.05) is 0 Å². The van der Waals surface area contributed by atoms with E-state index < -0.39 is 5.97 Å². The summed E-state index contributed by atoms with van der Waals surface area (Å²) >= 11 is 0. The zero-order valence-corrected chi connectivity index (χ0v) is 10.8. The van der Waals surface area contributed by atoms with Crippen LogP contribution in [0, 0.1) is 20.8 Å². The Bertz CT molecular complexity index is 592. The summed E-state index contributed by atoms with van der Waals surface area (Å²) in [5.41, 5.74) is 5.45. The first kappa shape index (κ1) is 12.4. The van der Waals surface area contributed by atoms with Crippen molar-refractivity contribution in [3.05, 3.63) is 58.7 Å². The van der Waals surface area contributed by atoms with Crippen LogP contribution in [0.1, 0.15) is 27.0 Å². The summed E-state index contributed by atoms with van der Waals surface area (Å²) in [6, 6.07) is 11.6. The molecule has 0 aliphatic heterocycles. The molecular weight excluding hydrogens is 224 g/mol. The van der Waals surface area contributed by atoms with E-state index in [1.54, 1.807) is 6.07 Å². The molecule has 2 nitrogen and oxygen atoms in total. The fourth-order valence-corrected chi connectivity index (χ4v) is 2.21. The van der Waals surface area contributed by atoms with E-state index in [1.165, 1.54) is 0 Å². The number of rotatable bonds is 2. The van der Waals surface area contributed by atoms with Gasteiger partial charge in [-0.3, -0.25) is 0 Å². The van der Waals surface area contributed by atoms with Gasteiger partial charge in [0.15, 0.2) is 0 Å². The molecule has 2 rings (SSSR count). The van der Waals surface area contributed by atoms with Crippen molar-refractivity contribution >= 4 is 5.97 Å². The van der Waals surface area contributed by atoms with Crippen molar-refractivity contribution in [1.82, 2.24) is 0 Å². The van der Waals surface area contributed by atoms with Gasteiger partial charge >= 0.3 is 5.97 Å². The molecule has 0 heterocycles. The van der Waals surface area contributed by atoms with Gasteiger partial charge in [-0.05, 0) is 38.0 Å². The highest BCUT2D eigenvalue weighted by molar-refractivity contribution is 5.96. The Labute approximate surface area is 107 Å². The van der Waals surface area contributed by atoms with Crippen LogP contribution < -0.4 is 0 Å². The van der Waals surface area contributed by atoms with Crippen LogP contribution in [-0.2, 0) is 0 Å². The van der Waals surface area contributed by atoms with E-state index in [9.17, 15) is 9.90 Å². The maximum absolute atomic E-state index is 11.3. The largest absolute Gasteiger partial charge is 0.478 e. The van der Waals surface area contributed by atoms with E-state index in [4.69, 9.17) is 0 Å². The Morgan fingerprint density at radius 2 is 1.50 bits per heavy atom. The molecule has 1 N–H and O–H groups in total. The minimum absolute atomic E-state index is 0.352. The van der Waals surface area contributed by atoms with Gasteiger partial charge in [0.1, 0.15) is 0 Å². The number of aromatic carboxylic acids is 1. The van der Waals surface area contributed by atoms with Gasteiger partial charge in [-0.1, -0.05) is 47.0 Å². The van der Waals surface area contributed by atoms with Gasteiger partial charge in [0.2, 0.25) is 0 Å². The lowest BCUT2D eigenvalue weighted by Crippen LogP contribution is -2.00. The molecule has 0 radical (unpaired) electrons. The van der Waals surface area contributed by atoms with Crippen LogP contribution in [0.5, 0.6) is 0 Å².